The van der Waals surface area contributed by atoms with E-state index in [0.717, 1.165) is 0 Å². The molecule has 2 nitrogen and oxygen atoms in total. The third-order valence-corrected chi connectivity index (χ3v) is 2.80. The highest BCUT2D eigenvalue weighted by atomic mass is 35.5. The molecule has 0 saturated heterocycles. The molecule has 1 aromatic rings. The third-order valence-electron chi connectivity index (χ3n) is 2.61. The topological polar surface area (TPSA) is 30.0 Å². The first-order valence-electron chi connectivity index (χ1n) is 6.88. The average molecular weight is 304 g/mol. The van der Waals surface area contributed by atoms with E-state index in [1.807, 2.05) is 39.8 Å². The Labute approximate surface area is 131 Å². The van der Waals surface area contributed by atoms with Crippen LogP contribution in [-0.2, 0) is 0 Å². The fourth-order valence-electron chi connectivity index (χ4n) is 1.86. The molecule has 0 spiro atoms. The van der Waals surface area contributed by atoms with Crippen LogP contribution in [0.2, 0.25) is 0 Å². The van der Waals surface area contributed by atoms with Crippen LogP contribution in [0.15, 0.2) is 25.3 Å². The van der Waals surface area contributed by atoms with Gasteiger partial charge in [0.15, 0.2) is 0 Å². The molecule has 0 bridgehead atoms. The molecule has 0 radical (unpaired) electrons. The van der Waals surface area contributed by atoms with E-state index in [-0.39, 0.29) is 0 Å². The number of halogens is 1. The average Bonchev–Trinajstić information content (AvgIpc) is 2.49. The largest absolute Gasteiger partial charge is 0.276 e. The highest BCUT2D eigenvalue weighted by Crippen LogP contribution is 2.14. The number of hydrogen-bond acceptors (Lipinski definition) is 2. The number of aromatic nitrogens is 1. The predicted molar refractivity (Wildman–Crippen MR) is 94.6 cm³/mol. The molecule has 0 aliphatic carbocycles. The number of carbonyl (C=O) groups excluding carboxylic acids is 1. The SMILES string of the molecule is C=C/C=c1/c(C(=O)Cl)c(/C=C\C)c(C=C)n/c1=C/C.CC. The van der Waals surface area contributed by atoms with Crippen molar-refractivity contribution in [2.75, 3.05) is 0 Å². The minimum atomic E-state index is -0.519. The van der Waals surface area contributed by atoms with Crippen LogP contribution in [0.25, 0.3) is 24.3 Å². The zero-order valence-electron chi connectivity index (χ0n) is 13.1. The van der Waals surface area contributed by atoms with Gasteiger partial charge in [-0.15, -0.1) is 0 Å². The molecule has 0 aromatic carbocycles. The molecule has 3 heteroatoms. The van der Waals surface area contributed by atoms with Crippen LogP contribution in [-0.4, -0.2) is 10.2 Å². The van der Waals surface area contributed by atoms with Crippen molar-refractivity contribution in [2.24, 2.45) is 0 Å². The molecule has 0 saturated carbocycles. The molecular formula is C18H22ClNO. The summed E-state index contributed by atoms with van der Waals surface area (Å²) < 4.78 is 0. The fraction of sp³-hybridized carbons (Fsp3) is 0.222. The van der Waals surface area contributed by atoms with Gasteiger partial charge in [0.1, 0.15) is 0 Å². The van der Waals surface area contributed by atoms with Gasteiger partial charge in [0.05, 0.1) is 16.6 Å². The van der Waals surface area contributed by atoms with Crippen molar-refractivity contribution < 1.29 is 4.79 Å². The van der Waals surface area contributed by atoms with E-state index in [4.69, 9.17) is 11.6 Å². The molecule has 21 heavy (non-hydrogen) atoms. The van der Waals surface area contributed by atoms with Crippen LogP contribution < -0.4 is 10.6 Å². The fourth-order valence-corrected chi connectivity index (χ4v) is 2.06. The van der Waals surface area contributed by atoms with E-state index < -0.39 is 5.24 Å². The second-order valence-electron chi connectivity index (χ2n) is 3.75. The molecule has 1 rings (SSSR count). The highest BCUT2D eigenvalue weighted by molar-refractivity contribution is 6.68. The van der Waals surface area contributed by atoms with Gasteiger partial charge in [-0.05, 0) is 31.5 Å². The van der Waals surface area contributed by atoms with Crippen molar-refractivity contribution in [1.82, 2.24) is 4.98 Å². The Hall–Kier alpha value is -1.93. The van der Waals surface area contributed by atoms with Gasteiger partial charge in [-0.2, -0.15) is 0 Å². The summed E-state index contributed by atoms with van der Waals surface area (Å²) in [5.74, 6) is 0. The number of hydrogen-bond donors (Lipinski definition) is 0. The maximum Gasteiger partial charge on any atom is 0.253 e. The van der Waals surface area contributed by atoms with E-state index in [0.29, 0.717) is 27.4 Å². The summed E-state index contributed by atoms with van der Waals surface area (Å²) in [5, 5.41) is 0.845. The Balaban J connectivity index is 0.00000191. The normalized spacial score (nSPS) is 12.0. The number of pyridine rings is 1. The van der Waals surface area contributed by atoms with Gasteiger partial charge in [0, 0.05) is 10.8 Å². The Morgan fingerprint density at radius 2 is 1.86 bits per heavy atom. The zero-order valence-corrected chi connectivity index (χ0v) is 13.9. The number of rotatable bonds is 4. The van der Waals surface area contributed by atoms with Gasteiger partial charge < -0.3 is 0 Å². The van der Waals surface area contributed by atoms with Crippen molar-refractivity contribution in [3.63, 3.8) is 0 Å². The Kier molecular flexibility index (Phi) is 8.98. The van der Waals surface area contributed by atoms with Crippen molar-refractivity contribution >= 4 is 41.1 Å². The standard InChI is InChI=1S/C16H16ClNO.C2H6/c1-5-9-11-13(7-3)18-14(8-4)12(10-6-2)15(11)16(17)19;1-2/h5-10H,1,4H2,2-3H3;1-2H3/b10-6-,11-9+,13-7+;. The van der Waals surface area contributed by atoms with Crippen LogP contribution in [0.4, 0.5) is 0 Å². The summed E-state index contributed by atoms with van der Waals surface area (Å²) in [6.07, 6.45) is 10.4. The lowest BCUT2D eigenvalue weighted by Gasteiger charge is -2.07. The lowest BCUT2D eigenvalue weighted by atomic mass is 10.0. The van der Waals surface area contributed by atoms with Gasteiger partial charge in [0.25, 0.3) is 5.24 Å². The van der Waals surface area contributed by atoms with Gasteiger partial charge in [0.2, 0.25) is 0 Å². The molecular weight excluding hydrogens is 282 g/mol. The van der Waals surface area contributed by atoms with Crippen LogP contribution in [0, 0.1) is 0 Å². The smallest absolute Gasteiger partial charge is 0.253 e. The van der Waals surface area contributed by atoms with E-state index in [1.54, 1.807) is 24.3 Å². The zero-order chi connectivity index (χ0) is 16.4. The third kappa shape index (κ3) is 4.54. The molecule has 0 N–H and O–H groups in total. The van der Waals surface area contributed by atoms with Gasteiger partial charge in [-0.25, -0.2) is 4.98 Å². The summed E-state index contributed by atoms with van der Waals surface area (Å²) in [7, 11) is 0. The van der Waals surface area contributed by atoms with Crippen molar-refractivity contribution in [1.29, 1.82) is 0 Å². The van der Waals surface area contributed by atoms with Crippen LogP contribution >= 0.6 is 11.6 Å². The lowest BCUT2D eigenvalue weighted by Crippen LogP contribution is -2.34. The van der Waals surface area contributed by atoms with Gasteiger partial charge in [-0.3, -0.25) is 4.79 Å². The second kappa shape index (κ2) is 9.89. The van der Waals surface area contributed by atoms with Crippen LogP contribution in [0.3, 0.4) is 0 Å². The molecule has 0 aliphatic rings. The van der Waals surface area contributed by atoms with E-state index in [2.05, 4.69) is 18.1 Å². The van der Waals surface area contributed by atoms with Crippen molar-refractivity contribution in [3.05, 3.63) is 52.7 Å². The summed E-state index contributed by atoms with van der Waals surface area (Å²) in [6, 6.07) is 0. The predicted octanol–water partition coefficient (Wildman–Crippen LogP) is 3.93. The Bertz CT molecular complexity index is 669. The number of nitrogens with zero attached hydrogens (tertiary/aromatic N) is 1. The van der Waals surface area contributed by atoms with E-state index in [1.165, 1.54) is 0 Å². The first kappa shape index (κ1) is 19.1. The minimum absolute atomic E-state index is 0.428. The molecule has 112 valence electrons. The summed E-state index contributed by atoms with van der Waals surface area (Å²) in [4.78, 5) is 16.2. The maximum atomic E-state index is 11.8. The molecule has 1 aromatic heterocycles. The van der Waals surface area contributed by atoms with Crippen LogP contribution in [0.5, 0.6) is 0 Å². The van der Waals surface area contributed by atoms with E-state index in [9.17, 15) is 4.79 Å². The van der Waals surface area contributed by atoms with Crippen LogP contribution in [0.1, 0.15) is 49.3 Å². The monoisotopic (exact) mass is 303 g/mol. The lowest BCUT2D eigenvalue weighted by molar-refractivity contribution is 0.108. The van der Waals surface area contributed by atoms with Gasteiger partial charge in [-0.1, -0.05) is 57.4 Å². The Morgan fingerprint density at radius 1 is 1.24 bits per heavy atom. The Morgan fingerprint density at radius 3 is 2.24 bits per heavy atom. The number of carbonyl (C=O) groups is 1. The molecule has 0 aliphatic heterocycles. The minimum Gasteiger partial charge on any atom is -0.276 e. The summed E-state index contributed by atoms with van der Waals surface area (Å²) >= 11 is 5.74. The molecule has 1 heterocycles. The van der Waals surface area contributed by atoms with E-state index >= 15 is 0 Å². The first-order valence-corrected chi connectivity index (χ1v) is 7.26. The maximum absolute atomic E-state index is 11.8. The highest BCUT2D eigenvalue weighted by Gasteiger charge is 2.14. The first-order chi connectivity index (χ1) is 10.1. The van der Waals surface area contributed by atoms with Crippen molar-refractivity contribution in [2.45, 2.75) is 27.7 Å². The molecule has 0 atom stereocenters. The second-order valence-corrected chi connectivity index (χ2v) is 4.10. The summed E-state index contributed by atoms with van der Waals surface area (Å²) in [5.41, 5.74) is 1.74. The molecule has 0 fully saturated rings. The molecule has 0 amide bonds. The molecule has 0 unspecified atom stereocenters. The van der Waals surface area contributed by atoms with Crippen molar-refractivity contribution in [3.8, 4) is 0 Å². The number of allylic oxidation sites excluding steroid dienone is 2. The van der Waals surface area contributed by atoms with Gasteiger partial charge >= 0.3 is 0 Å². The summed E-state index contributed by atoms with van der Waals surface area (Å²) in [6.45, 7) is 15.1. The quantitative estimate of drug-likeness (QED) is 0.789.